The number of hydrogen-bond donors (Lipinski definition) is 0. The Morgan fingerprint density at radius 1 is 0.185 bits per heavy atom. The molecule has 3 aliphatic heterocycles. The Balaban J connectivity index is 0.759. The fraction of sp³-hybridized carbons (Fsp3) is 1.00. The Bertz CT molecular complexity index is 3640. The maximum absolute atomic E-state index is 4.15. The zero-order valence-electron chi connectivity index (χ0n) is 92.7. The minimum Gasteiger partial charge on any atom is -0.295 e. The van der Waals surface area contributed by atoms with Gasteiger partial charge in [0.15, 0.2) is 6.71 Å². The second-order valence-corrected chi connectivity index (χ2v) is 63.8. The maximum atomic E-state index is 4.15. The Morgan fingerprint density at radius 3 is 0.919 bits per heavy atom. The largest absolute Gasteiger partial charge is 0.295 e. The topological polar surface area (TPSA) is 13.0 Å². The normalized spacial score (nSPS) is 47.4. The van der Waals surface area contributed by atoms with Crippen molar-refractivity contribution >= 4 is 6.71 Å². The molecule has 29 unspecified atom stereocenters. The molecule has 5 heteroatoms. The van der Waals surface area contributed by atoms with Crippen LogP contribution in [0, 0.1) is 198 Å². The van der Waals surface area contributed by atoms with E-state index >= 15 is 0 Å². The molecular weight excluding hydrogens is 1630 g/mol. The molecule has 22 fully saturated rings. The van der Waals surface area contributed by atoms with Crippen LogP contribution < -0.4 is 0 Å². The summed E-state index contributed by atoms with van der Waals surface area (Å²) in [7, 11) is 0. The number of rotatable bonds is 13. The summed E-state index contributed by atoms with van der Waals surface area (Å²) in [5.41, 5.74) is 2.33. The Kier molecular flexibility index (Phi) is 29.6. The second kappa shape index (κ2) is 40.1. The summed E-state index contributed by atoms with van der Waals surface area (Å²) in [4.78, 5) is 15.8. The third-order valence-electron chi connectivity index (χ3n) is 52.0. The number of fused-ring (bicyclic) bond motifs is 7. The summed E-state index contributed by atoms with van der Waals surface area (Å²) in [6.45, 7) is 50.5. The molecule has 0 radical (unpaired) electrons. The molecule has 0 aromatic carbocycles. The van der Waals surface area contributed by atoms with Gasteiger partial charge in [0, 0.05) is 72.5 Å². The summed E-state index contributed by atoms with van der Waals surface area (Å²) in [5, 5.41) is 0. The van der Waals surface area contributed by atoms with E-state index in [1.54, 1.807) is 250 Å². The Hall–Kier alpha value is -0.0951. The lowest BCUT2D eigenvalue weighted by molar-refractivity contribution is -0.159. The monoisotopic (exact) mass is 1850 g/mol. The molecule has 3 saturated heterocycles. The number of nitrogens with zero attached hydrogens (tertiary/aromatic N) is 4. The standard InChI is InChI=1S/C130H223BN4/c1-125(2,3)94-56-65-114-109(72-94)110-73-95(126(4,5)6)57-66-115(110)133(114)102-62-63-112-117(79-102)135(124-107(88-45-33-23-34-46-88)76-99(130(16,17)18)77-108(124)89-47-35-24-36-48-89)119-81-103(132(100-58-51-84(52-59-100)82-37-25-19-26-38-82)101-60-53-85(54-61-101)83-39-27-20-28-40-83)80-118-122(119)131(112)113-71-90(104-70-93-69-96(127(7,8)9)67-91-49-50-92-68-97(128(10,11)12)78-111(104)121(92)120(91)93)55-64-116(113)134(118)123-105(86-41-29-21-30-42-86)74-98(129(13,14)15)75-106(123)87-43-31-22-32-44-87/h82-124H,19-81H2,1-18H3. The van der Waals surface area contributed by atoms with Crippen molar-refractivity contribution in [2.45, 2.75) is 619 Å². The number of hydrogen-bond acceptors (Lipinski definition) is 4. The highest BCUT2D eigenvalue weighted by atomic mass is 15.3. The number of likely N-dealkylation sites (tertiary alicyclic amines) is 1. The molecule has 0 aromatic rings. The first kappa shape index (κ1) is 99.5. The summed E-state index contributed by atoms with van der Waals surface area (Å²) in [5.74, 6) is 28.8. The second-order valence-electron chi connectivity index (χ2n) is 63.8. The van der Waals surface area contributed by atoms with Crippen molar-refractivity contribution in [3.63, 3.8) is 0 Å². The minimum atomic E-state index is 0.353. The van der Waals surface area contributed by atoms with Crippen molar-refractivity contribution in [3.05, 3.63) is 0 Å². The van der Waals surface area contributed by atoms with Crippen LogP contribution in [0.25, 0.3) is 0 Å². The predicted molar refractivity (Wildman–Crippen MR) is 575 cm³/mol. The molecule has 19 saturated carbocycles. The molecule has 0 N–H and O–H groups in total. The fourth-order valence-electron chi connectivity index (χ4n) is 45.3. The zero-order chi connectivity index (χ0) is 93.3. The van der Waals surface area contributed by atoms with Gasteiger partial charge in [-0.2, -0.15) is 0 Å². The van der Waals surface area contributed by atoms with Gasteiger partial charge < -0.3 is 0 Å². The van der Waals surface area contributed by atoms with Crippen LogP contribution in [0.5, 0.6) is 0 Å². The van der Waals surface area contributed by atoms with Gasteiger partial charge in [-0.25, -0.2) is 0 Å². The average molecular weight is 1850 g/mol. The summed E-state index contributed by atoms with van der Waals surface area (Å²) >= 11 is 0. The van der Waals surface area contributed by atoms with Crippen molar-refractivity contribution in [2.24, 2.45) is 198 Å². The van der Waals surface area contributed by atoms with Crippen molar-refractivity contribution in [2.75, 3.05) is 0 Å². The van der Waals surface area contributed by atoms with Crippen LogP contribution in [-0.2, 0) is 0 Å². The molecule has 29 atom stereocenters. The van der Waals surface area contributed by atoms with E-state index < -0.39 is 0 Å². The van der Waals surface area contributed by atoms with Crippen LogP contribution in [0.1, 0.15) is 529 Å². The third kappa shape index (κ3) is 19.6. The highest BCUT2D eigenvalue weighted by Crippen LogP contribution is 2.73. The Morgan fingerprint density at radius 2 is 0.511 bits per heavy atom. The molecule has 4 nitrogen and oxygen atoms in total. The molecule has 0 bridgehead atoms. The third-order valence-corrected chi connectivity index (χ3v) is 52.0. The van der Waals surface area contributed by atoms with Gasteiger partial charge in [-0.15, -0.1) is 0 Å². The summed E-state index contributed by atoms with van der Waals surface area (Å²) < 4.78 is 0. The van der Waals surface area contributed by atoms with Crippen molar-refractivity contribution in [3.8, 4) is 0 Å². The van der Waals surface area contributed by atoms with Gasteiger partial charge >= 0.3 is 0 Å². The molecule has 0 aromatic heterocycles. The quantitative estimate of drug-likeness (QED) is 0.170. The summed E-state index contributed by atoms with van der Waals surface area (Å²) in [6.07, 6.45) is 98.0. The van der Waals surface area contributed by atoms with Gasteiger partial charge in [-0.1, -0.05) is 330 Å². The van der Waals surface area contributed by atoms with E-state index in [9.17, 15) is 0 Å². The molecule has 0 spiro atoms. The van der Waals surface area contributed by atoms with E-state index in [1.165, 1.54) is 154 Å². The van der Waals surface area contributed by atoms with Crippen LogP contribution >= 0.6 is 0 Å². The van der Waals surface area contributed by atoms with Crippen molar-refractivity contribution in [1.82, 2.24) is 19.6 Å². The van der Waals surface area contributed by atoms with E-state index in [2.05, 4.69) is 144 Å². The van der Waals surface area contributed by atoms with E-state index in [0.29, 0.717) is 32.5 Å². The van der Waals surface area contributed by atoms with E-state index in [-0.39, 0.29) is 0 Å². The van der Waals surface area contributed by atoms with E-state index in [1.807, 2.05) is 0 Å². The molecule has 0 amide bonds. The van der Waals surface area contributed by atoms with Gasteiger partial charge in [0.1, 0.15) is 0 Å². The van der Waals surface area contributed by atoms with Crippen LogP contribution in [0.3, 0.4) is 0 Å². The molecule has 19 aliphatic carbocycles. The van der Waals surface area contributed by atoms with Gasteiger partial charge in [0.05, 0.1) is 0 Å². The highest BCUT2D eigenvalue weighted by Gasteiger charge is 2.72. The van der Waals surface area contributed by atoms with Crippen LogP contribution in [0.4, 0.5) is 0 Å². The highest BCUT2D eigenvalue weighted by molar-refractivity contribution is 6.65. The predicted octanol–water partition coefficient (Wildman–Crippen LogP) is 35.6. The van der Waals surface area contributed by atoms with Crippen molar-refractivity contribution < 1.29 is 0 Å². The molecule has 3 heterocycles. The SMILES string of the molecule is CC(C)(C)C1CC2CCC3CC(C(C)(C)C)CC4C(C5CCC6C(C5)B5C7CCC(N8C9CCC(C(C)(C)C)CC9C9CC(C(C)(C)C)CCC98)CC7N(C7C(C8CCCCC8)CC(C(C)(C)C)CC7C7CCCCC7)C7CC(N(C8CCC(C9CCCCC9)CC8)C8CCC(C9CCCCC9)CC8)CC(C57)N6C5C(C6CCCCC6)CC(C(C)(C)C)CC5C5CCCCC5)CC(C1)C2C34. The summed E-state index contributed by atoms with van der Waals surface area (Å²) in [6, 6.07) is 9.30. The van der Waals surface area contributed by atoms with Gasteiger partial charge in [0.25, 0.3) is 0 Å². The first-order valence-electron chi connectivity index (χ1n) is 63.8. The van der Waals surface area contributed by atoms with E-state index in [0.717, 1.165) is 262 Å². The molecule has 766 valence electrons. The molecular formula is C130H223BN4. The van der Waals surface area contributed by atoms with Crippen LogP contribution in [0.15, 0.2) is 0 Å². The van der Waals surface area contributed by atoms with Gasteiger partial charge in [-0.05, 0) is 415 Å². The first-order chi connectivity index (χ1) is 64.7. The van der Waals surface area contributed by atoms with E-state index in [4.69, 9.17) is 0 Å². The van der Waals surface area contributed by atoms with Crippen molar-refractivity contribution in [1.29, 1.82) is 0 Å². The lowest BCUT2D eigenvalue weighted by atomic mass is 9.18. The lowest BCUT2D eigenvalue weighted by Gasteiger charge is -2.73. The average Bonchev–Trinajstić information content (AvgIpc) is 1.45. The van der Waals surface area contributed by atoms with Gasteiger partial charge in [0.2, 0.25) is 0 Å². The Labute approximate surface area is 838 Å². The van der Waals surface area contributed by atoms with Crippen LogP contribution in [0.2, 0.25) is 17.5 Å². The van der Waals surface area contributed by atoms with Gasteiger partial charge in [-0.3, -0.25) is 19.6 Å². The first-order valence-corrected chi connectivity index (χ1v) is 63.8. The minimum absolute atomic E-state index is 0.353. The zero-order valence-corrected chi connectivity index (χ0v) is 92.7. The maximum Gasteiger partial charge on any atom is 0.156 e. The smallest absolute Gasteiger partial charge is 0.156 e. The molecule has 22 aliphatic rings. The molecule has 135 heavy (non-hydrogen) atoms. The van der Waals surface area contributed by atoms with Crippen LogP contribution in [-0.4, -0.2) is 98.8 Å². The molecule has 22 rings (SSSR count). The lowest BCUT2D eigenvalue weighted by Crippen LogP contribution is -2.78. The fourth-order valence-corrected chi connectivity index (χ4v) is 45.3.